The van der Waals surface area contributed by atoms with Crippen molar-refractivity contribution >= 4 is 20.1 Å². The fraction of sp³-hybridized carbons (Fsp3) is 0.938. The van der Waals surface area contributed by atoms with Gasteiger partial charge < -0.3 is 0 Å². The van der Waals surface area contributed by atoms with Gasteiger partial charge in [0.05, 0.1) is 0 Å². The molecule has 1 saturated heterocycles. The van der Waals surface area contributed by atoms with E-state index in [1.165, 1.54) is 94.6 Å². The topological polar surface area (TPSA) is 3.24 Å². The van der Waals surface area contributed by atoms with Gasteiger partial charge in [-0.1, -0.05) is 0 Å². The molecule has 1 fully saturated rings. The third kappa shape index (κ3) is 8.32. The van der Waals surface area contributed by atoms with Crippen molar-refractivity contribution < 1.29 is 0 Å². The summed E-state index contributed by atoms with van der Waals surface area (Å²) in [5.74, 6) is 0. The van der Waals surface area contributed by atoms with Gasteiger partial charge in [-0.15, -0.1) is 0 Å². The zero-order valence-corrected chi connectivity index (χ0v) is 14.0. The molecular formula is C16H31NSe. The van der Waals surface area contributed by atoms with E-state index in [1.54, 1.807) is 0 Å². The monoisotopic (exact) mass is 317 g/mol. The van der Waals surface area contributed by atoms with E-state index in [4.69, 9.17) is 0 Å². The Morgan fingerprint density at radius 2 is 1.06 bits per heavy atom. The van der Waals surface area contributed by atoms with Crippen molar-refractivity contribution in [3.8, 4) is 0 Å². The standard InChI is InChI=1S/C16H31NSe/c1-17-15-13-11-9-7-5-3-2-4-6-8-10-12-14-16(17)18/h2-15H2,1H3. The molecule has 1 nitrogen and oxygen atoms in total. The van der Waals surface area contributed by atoms with Crippen LogP contribution in [0.1, 0.15) is 83.5 Å². The molecule has 18 heavy (non-hydrogen) atoms. The first-order valence-corrected chi connectivity index (χ1v) is 8.90. The molecule has 0 unspecified atom stereocenters. The van der Waals surface area contributed by atoms with Crippen molar-refractivity contribution in [1.29, 1.82) is 0 Å². The molecule has 0 amide bonds. The number of hydrogen-bond acceptors (Lipinski definition) is 1. The molecule has 0 spiro atoms. The molecule has 0 atom stereocenters. The van der Waals surface area contributed by atoms with Crippen LogP contribution in [0.25, 0.3) is 0 Å². The first-order chi connectivity index (χ1) is 8.80. The van der Waals surface area contributed by atoms with Crippen LogP contribution in [0.15, 0.2) is 0 Å². The molecule has 1 aliphatic heterocycles. The van der Waals surface area contributed by atoms with Gasteiger partial charge in [0.2, 0.25) is 0 Å². The van der Waals surface area contributed by atoms with Gasteiger partial charge in [-0.25, -0.2) is 0 Å². The summed E-state index contributed by atoms with van der Waals surface area (Å²) in [5, 5.41) is 0. The number of hydrogen-bond donors (Lipinski definition) is 0. The molecule has 0 radical (unpaired) electrons. The van der Waals surface area contributed by atoms with Crippen LogP contribution < -0.4 is 0 Å². The molecule has 0 bridgehead atoms. The van der Waals surface area contributed by atoms with Crippen molar-refractivity contribution in [2.75, 3.05) is 13.6 Å². The van der Waals surface area contributed by atoms with Crippen molar-refractivity contribution in [3.05, 3.63) is 0 Å². The second-order valence-corrected chi connectivity index (χ2v) is 6.80. The minimum atomic E-state index is 1.24. The number of rotatable bonds is 0. The maximum atomic E-state index is 3.27. The molecular weight excluding hydrogens is 285 g/mol. The molecule has 2 heteroatoms. The Morgan fingerprint density at radius 3 is 1.56 bits per heavy atom. The van der Waals surface area contributed by atoms with Crippen LogP contribution in [0.3, 0.4) is 0 Å². The van der Waals surface area contributed by atoms with Gasteiger partial charge in [0.15, 0.2) is 0 Å². The predicted octanol–water partition coefficient (Wildman–Crippen LogP) is 4.30. The molecule has 0 aromatic heterocycles. The van der Waals surface area contributed by atoms with E-state index in [-0.39, 0.29) is 0 Å². The van der Waals surface area contributed by atoms with E-state index in [2.05, 4.69) is 27.5 Å². The van der Waals surface area contributed by atoms with Gasteiger partial charge in [-0.2, -0.15) is 0 Å². The quantitative estimate of drug-likeness (QED) is 0.602. The normalized spacial score (nSPS) is 22.9. The minimum absolute atomic E-state index is 1.24. The first-order valence-electron chi connectivity index (χ1n) is 8.04. The molecule has 1 rings (SSSR count). The van der Waals surface area contributed by atoms with Crippen molar-refractivity contribution in [2.45, 2.75) is 83.5 Å². The summed E-state index contributed by atoms with van der Waals surface area (Å²) in [6.07, 6.45) is 18.5. The van der Waals surface area contributed by atoms with Crippen molar-refractivity contribution in [2.24, 2.45) is 0 Å². The second kappa shape index (κ2) is 11.1. The van der Waals surface area contributed by atoms with Gasteiger partial charge >= 0.3 is 122 Å². The first kappa shape index (κ1) is 16.2. The van der Waals surface area contributed by atoms with E-state index < -0.39 is 0 Å². The summed E-state index contributed by atoms with van der Waals surface area (Å²) in [5.41, 5.74) is 0. The van der Waals surface area contributed by atoms with Crippen LogP contribution in [0.2, 0.25) is 0 Å². The van der Waals surface area contributed by atoms with Crippen LogP contribution in [0.4, 0.5) is 0 Å². The summed E-state index contributed by atoms with van der Waals surface area (Å²) in [6.45, 7) is 1.24. The third-order valence-electron chi connectivity index (χ3n) is 4.06. The Kier molecular flexibility index (Phi) is 9.97. The average Bonchev–Trinajstić information content (AvgIpc) is 2.37. The molecule has 0 aliphatic carbocycles. The molecule has 0 N–H and O–H groups in total. The van der Waals surface area contributed by atoms with Crippen LogP contribution >= 0.6 is 0 Å². The van der Waals surface area contributed by atoms with Crippen LogP contribution in [0.5, 0.6) is 0 Å². The summed E-state index contributed by atoms with van der Waals surface area (Å²) in [6, 6.07) is 0. The third-order valence-corrected chi connectivity index (χ3v) is 5.14. The van der Waals surface area contributed by atoms with Crippen LogP contribution in [0, 0.1) is 0 Å². The average molecular weight is 316 g/mol. The summed E-state index contributed by atoms with van der Waals surface area (Å²) < 4.78 is 1.47. The zero-order valence-electron chi connectivity index (χ0n) is 12.3. The number of nitrogens with zero attached hydrogens (tertiary/aromatic N) is 1. The van der Waals surface area contributed by atoms with Gasteiger partial charge in [-0.05, 0) is 0 Å². The molecule has 1 heterocycles. The molecule has 1 aliphatic rings. The van der Waals surface area contributed by atoms with E-state index in [9.17, 15) is 0 Å². The summed E-state index contributed by atoms with van der Waals surface area (Å²) >= 11 is 3.27. The van der Waals surface area contributed by atoms with E-state index in [1.807, 2.05) is 0 Å². The molecule has 0 aromatic rings. The fourth-order valence-corrected chi connectivity index (χ4v) is 3.20. The molecule has 0 saturated carbocycles. The van der Waals surface area contributed by atoms with E-state index in [0.29, 0.717) is 0 Å². The Morgan fingerprint density at radius 1 is 0.667 bits per heavy atom. The second-order valence-electron chi connectivity index (χ2n) is 5.81. The maximum absolute atomic E-state index is 3.27. The Balaban J connectivity index is 2.22. The fourth-order valence-electron chi connectivity index (χ4n) is 2.71. The zero-order chi connectivity index (χ0) is 13.1. The van der Waals surface area contributed by atoms with Gasteiger partial charge in [0.1, 0.15) is 0 Å². The summed E-state index contributed by atoms with van der Waals surface area (Å²) in [7, 11) is 2.24. The van der Waals surface area contributed by atoms with Gasteiger partial charge in [0.25, 0.3) is 0 Å². The molecule has 0 aromatic carbocycles. The van der Waals surface area contributed by atoms with Gasteiger partial charge in [0, 0.05) is 0 Å². The van der Waals surface area contributed by atoms with Crippen LogP contribution in [-0.2, 0) is 0 Å². The van der Waals surface area contributed by atoms with Crippen molar-refractivity contribution in [3.63, 3.8) is 0 Å². The Bertz CT molecular complexity index is 215. The molecule has 106 valence electrons. The summed E-state index contributed by atoms with van der Waals surface area (Å²) in [4.78, 5) is 2.44. The van der Waals surface area contributed by atoms with Crippen LogP contribution in [-0.4, -0.2) is 38.6 Å². The van der Waals surface area contributed by atoms with E-state index >= 15 is 0 Å². The van der Waals surface area contributed by atoms with Gasteiger partial charge in [-0.3, -0.25) is 0 Å². The Labute approximate surface area is 122 Å². The predicted molar refractivity (Wildman–Crippen MR) is 83.4 cm³/mol. The SMILES string of the molecule is CN1CCCCCCCCCCCCCCC1=[Se]. The Hall–Kier alpha value is 0.189. The van der Waals surface area contributed by atoms with Crippen molar-refractivity contribution in [1.82, 2.24) is 4.90 Å². The van der Waals surface area contributed by atoms with E-state index in [0.717, 1.165) is 0 Å².